The fraction of sp³-hybridized carbons (Fsp3) is 0.379. The van der Waals surface area contributed by atoms with Gasteiger partial charge in [0.15, 0.2) is 0 Å². The maximum absolute atomic E-state index is 13.5. The first-order valence-corrected chi connectivity index (χ1v) is 15.5. The van der Waals surface area contributed by atoms with Crippen LogP contribution in [0.2, 0.25) is 0 Å². The lowest BCUT2D eigenvalue weighted by Crippen LogP contribution is -2.58. The predicted octanol–water partition coefficient (Wildman–Crippen LogP) is 2.06. The first kappa shape index (κ1) is 29.5. The van der Waals surface area contributed by atoms with Gasteiger partial charge in [-0.1, -0.05) is 24.3 Å². The number of carbonyl (C=O) groups is 5. The molecule has 0 unspecified atom stereocenters. The number of amides is 4. The van der Waals surface area contributed by atoms with Gasteiger partial charge in [-0.05, 0) is 36.6 Å². The molecular weight excluding hydrogens is 578 g/mol. The molecule has 0 saturated carbocycles. The van der Waals surface area contributed by atoms with Crippen molar-refractivity contribution in [2.24, 2.45) is 0 Å². The number of nitrogens with one attached hydrogen (secondary N) is 2. The third kappa shape index (κ3) is 6.41. The van der Waals surface area contributed by atoms with Crippen molar-refractivity contribution in [3.8, 4) is 0 Å². The van der Waals surface area contributed by atoms with Gasteiger partial charge in [-0.2, -0.15) is 11.8 Å². The molecule has 2 aromatic heterocycles. The number of likely N-dealkylation sites (N-methyl/N-ethyl adjacent to an activating group) is 1. The smallest absolute Gasteiger partial charge is 0.338 e. The van der Waals surface area contributed by atoms with Crippen LogP contribution in [-0.4, -0.2) is 95.5 Å². The SMILES string of the molecule is CN(C)C(=O)[C@H]1CSCc2ccccc2C(=O)OC[C@@H](NC(=O)[C@@H]2CCCN2C(=O)c2cc3cccnc3s2)C(=O)N1. The minimum Gasteiger partial charge on any atom is -0.459 e. The van der Waals surface area contributed by atoms with E-state index in [9.17, 15) is 24.0 Å². The molecule has 0 radical (unpaired) electrons. The van der Waals surface area contributed by atoms with E-state index in [1.54, 1.807) is 44.6 Å². The van der Waals surface area contributed by atoms with Crippen molar-refractivity contribution >= 4 is 62.9 Å². The van der Waals surface area contributed by atoms with Crippen molar-refractivity contribution < 1.29 is 28.7 Å². The number of hydrogen-bond acceptors (Lipinski definition) is 9. The minimum absolute atomic E-state index is 0.266. The maximum Gasteiger partial charge on any atom is 0.338 e. The Bertz CT molecular complexity index is 1490. The van der Waals surface area contributed by atoms with Crippen LogP contribution < -0.4 is 10.6 Å². The molecule has 1 aromatic carbocycles. The number of aromatic nitrogens is 1. The first-order chi connectivity index (χ1) is 20.2. The minimum atomic E-state index is -1.28. The van der Waals surface area contributed by atoms with E-state index in [1.807, 2.05) is 18.2 Å². The van der Waals surface area contributed by atoms with Gasteiger partial charge >= 0.3 is 5.97 Å². The van der Waals surface area contributed by atoms with Gasteiger partial charge in [0.05, 0.1) is 10.4 Å². The Kier molecular flexibility index (Phi) is 9.07. The zero-order chi connectivity index (χ0) is 29.8. The number of pyridine rings is 1. The van der Waals surface area contributed by atoms with Crippen LogP contribution in [0, 0.1) is 0 Å². The van der Waals surface area contributed by atoms with Crippen molar-refractivity contribution in [2.75, 3.05) is 33.0 Å². The van der Waals surface area contributed by atoms with Crippen molar-refractivity contribution in [1.29, 1.82) is 0 Å². The molecule has 13 heteroatoms. The topological polar surface area (TPSA) is 138 Å². The summed E-state index contributed by atoms with van der Waals surface area (Å²) in [4.78, 5) is 74.6. The number of benzene rings is 1. The van der Waals surface area contributed by atoms with Crippen LogP contribution in [0.3, 0.4) is 0 Å². The van der Waals surface area contributed by atoms with Crippen molar-refractivity contribution in [2.45, 2.75) is 36.7 Å². The first-order valence-electron chi connectivity index (χ1n) is 13.5. The van der Waals surface area contributed by atoms with Gasteiger partial charge in [-0.25, -0.2) is 9.78 Å². The lowest BCUT2D eigenvalue weighted by molar-refractivity contribution is -0.136. The zero-order valence-corrected chi connectivity index (χ0v) is 24.8. The van der Waals surface area contributed by atoms with Gasteiger partial charge in [0.2, 0.25) is 17.7 Å². The summed E-state index contributed by atoms with van der Waals surface area (Å²) in [5, 5.41) is 6.28. The highest BCUT2D eigenvalue weighted by Gasteiger charge is 2.38. The van der Waals surface area contributed by atoms with E-state index >= 15 is 0 Å². The highest BCUT2D eigenvalue weighted by Crippen LogP contribution is 2.28. The number of fused-ring (bicyclic) bond motifs is 2. The van der Waals surface area contributed by atoms with Gasteiger partial charge < -0.3 is 25.2 Å². The van der Waals surface area contributed by atoms with Gasteiger partial charge in [0.25, 0.3) is 5.91 Å². The molecule has 0 spiro atoms. The third-order valence-corrected chi connectivity index (χ3v) is 9.30. The Morgan fingerprint density at radius 1 is 1.14 bits per heavy atom. The molecule has 4 heterocycles. The molecule has 42 heavy (non-hydrogen) atoms. The summed E-state index contributed by atoms with van der Waals surface area (Å²) in [6.07, 6.45) is 2.70. The number of rotatable bonds is 4. The summed E-state index contributed by atoms with van der Waals surface area (Å²) in [6, 6.07) is 9.49. The summed E-state index contributed by atoms with van der Waals surface area (Å²) in [7, 11) is 3.20. The Morgan fingerprint density at radius 3 is 2.74 bits per heavy atom. The van der Waals surface area contributed by atoms with E-state index in [2.05, 4.69) is 15.6 Å². The Morgan fingerprint density at radius 2 is 1.95 bits per heavy atom. The molecule has 220 valence electrons. The molecule has 0 aliphatic carbocycles. The lowest BCUT2D eigenvalue weighted by atomic mass is 10.1. The second-order valence-corrected chi connectivity index (χ2v) is 12.4. The summed E-state index contributed by atoms with van der Waals surface area (Å²) < 4.78 is 5.50. The largest absolute Gasteiger partial charge is 0.459 e. The van der Waals surface area contributed by atoms with Gasteiger partial charge in [-0.15, -0.1) is 11.3 Å². The number of nitrogens with zero attached hydrogens (tertiary/aromatic N) is 3. The number of ether oxygens (including phenoxy) is 1. The van der Waals surface area contributed by atoms with Crippen LogP contribution in [0.1, 0.15) is 38.4 Å². The van der Waals surface area contributed by atoms with E-state index in [4.69, 9.17) is 4.74 Å². The standard InChI is InChI=1S/C29H31N5O6S2/c1-33(2)27(37)21-16-41-15-18-7-3-4-9-19(18)29(39)40-14-20(24(35)32-21)31-25(36)22-10-6-12-34(22)28(38)23-13-17-8-5-11-30-26(17)42-23/h3-5,7-9,11,13,20-22H,6,10,12,14-16H2,1-2H3,(H,31,36)(H,32,35)/t20-,21-,22+/m1/s1. The number of likely N-dealkylation sites (tertiary alicyclic amines) is 1. The highest BCUT2D eigenvalue weighted by atomic mass is 32.2. The van der Waals surface area contributed by atoms with Crippen LogP contribution in [-0.2, 0) is 24.9 Å². The normalized spacial score (nSPS) is 21.4. The zero-order valence-electron chi connectivity index (χ0n) is 23.2. The summed E-state index contributed by atoms with van der Waals surface area (Å²) in [6.45, 7) is -0.0543. The number of esters is 1. The number of carbonyl (C=O) groups excluding carboxylic acids is 5. The maximum atomic E-state index is 13.5. The Hall–Kier alpha value is -3.97. The molecule has 3 aromatic rings. The van der Waals surface area contributed by atoms with Gasteiger partial charge in [0, 0.05) is 43.7 Å². The van der Waals surface area contributed by atoms with E-state index in [0.29, 0.717) is 35.6 Å². The molecule has 0 bridgehead atoms. The molecule has 4 amide bonds. The molecule has 11 nitrogen and oxygen atoms in total. The number of hydrogen-bond donors (Lipinski definition) is 2. The summed E-state index contributed by atoms with van der Waals surface area (Å²) in [5.74, 6) is -1.67. The molecule has 1 fully saturated rings. The van der Waals surface area contributed by atoms with E-state index in [-0.39, 0.29) is 17.6 Å². The quantitative estimate of drug-likeness (QED) is 0.429. The van der Waals surface area contributed by atoms with Crippen LogP contribution in [0.15, 0.2) is 48.7 Å². The van der Waals surface area contributed by atoms with Gasteiger partial charge in [-0.3, -0.25) is 19.2 Å². The van der Waals surface area contributed by atoms with Crippen LogP contribution in [0.5, 0.6) is 0 Å². The molecule has 3 atom stereocenters. The highest BCUT2D eigenvalue weighted by molar-refractivity contribution is 7.98. The average Bonchev–Trinajstić information content (AvgIpc) is 3.65. The second-order valence-electron chi connectivity index (χ2n) is 10.3. The molecular formula is C29H31N5O6S2. The van der Waals surface area contributed by atoms with Crippen molar-refractivity contribution in [3.05, 3.63) is 64.7 Å². The van der Waals surface area contributed by atoms with E-state index in [1.165, 1.54) is 32.9 Å². The van der Waals surface area contributed by atoms with Crippen LogP contribution >= 0.6 is 23.1 Å². The van der Waals surface area contributed by atoms with Crippen molar-refractivity contribution in [3.63, 3.8) is 0 Å². The fourth-order valence-electron chi connectivity index (χ4n) is 4.98. The summed E-state index contributed by atoms with van der Waals surface area (Å²) >= 11 is 2.66. The lowest BCUT2D eigenvalue weighted by Gasteiger charge is -2.28. The second kappa shape index (κ2) is 12.9. The Balaban J connectivity index is 1.36. The van der Waals surface area contributed by atoms with E-state index in [0.717, 1.165) is 15.8 Å². The monoisotopic (exact) mass is 609 g/mol. The third-order valence-electron chi connectivity index (χ3n) is 7.17. The molecule has 1 saturated heterocycles. The van der Waals surface area contributed by atoms with Gasteiger partial charge in [0.1, 0.15) is 29.6 Å². The molecule has 2 N–H and O–H groups in total. The Labute approximate surface area is 251 Å². The van der Waals surface area contributed by atoms with Crippen molar-refractivity contribution in [1.82, 2.24) is 25.4 Å². The number of thiophene rings is 1. The van der Waals surface area contributed by atoms with Crippen LogP contribution in [0.25, 0.3) is 10.2 Å². The average molecular weight is 610 g/mol. The summed E-state index contributed by atoms with van der Waals surface area (Å²) in [5.41, 5.74) is 1.10. The fourth-order valence-corrected chi connectivity index (χ4v) is 6.99. The molecule has 2 aliphatic rings. The molecule has 2 aliphatic heterocycles. The number of cyclic esters (lactones) is 1. The predicted molar refractivity (Wildman–Crippen MR) is 159 cm³/mol. The number of thioether (sulfide) groups is 1. The van der Waals surface area contributed by atoms with Crippen LogP contribution in [0.4, 0.5) is 0 Å². The molecule has 5 rings (SSSR count). The van der Waals surface area contributed by atoms with E-state index < -0.39 is 42.5 Å².